The first-order valence-electron chi connectivity index (χ1n) is 5.20. The van der Waals surface area contributed by atoms with Crippen molar-refractivity contribution in [3.8, 4) is 0 Å². The Morgan fingerprint density at radius 1 is 1.20 bits per heavy atom. The maximum absolute atomic E-state index is 6.38. The van der Waals surface area contributed by atoms with Gasteiger partial charge in [-0.3, -0.25) is 0 Å². The zero-order valence-corrected chi connectivity index (χ0v) is 10.8. The summed E-state index contributed by atoms with van der Waals surface area (Å²) in [5.41, 5.74) is 2.20. The summed E-state index contributed by atoms with van der Waals surface area (Å²) in [7, 11) is 0. The Balaban J connectivity index is 2.52. The lowest BCUT2D eigenvalue weighted by Crippen LogP contribution is -1.97. The first kappa shape index (κ1) is 11.6. The summed E-state index contributed by atoms with van der Waals surface area (Å²) in [5, 5.41) is 1.56. The van der Waals surface area contributed by atoms with E-state index in [0.29, 0.717) is 5.92 Å². The smallest absolute Gasteiger partial charge is 0.0605 e. The normalized spacial score (nSPS) is 25.9. The quantitative estimate of drug-likeness (QED) is 0.443. The highest BCUT2D eigenvalue weighted by Crippen LogP contribution is 2.42. The molecule has 1 aromatic rings. The van der Waals surface area contributed by atoms with Crippen LogP contribution in [0.2, 0.25) is 10.0 Å². The number of benzene rings is 1. The molecule has 0 spiro atoms. The topological polar surface area (TPSA) is 0 Å². The zero-order chi connectivity index (χ0) is 11.0. The molecule has 0 nitrogen and oxygen atoms in total. The molecule has 3 heteroatoms. The lowest BCUT2D eigenvalue weighted by atomic mass is 10.0. The van der Waals surface area contributed by atoms with Crippen molar-refractivity contribution in [2.45, 2.75) is 31.6 Å². The van der Waals surface area contributed by atoms with E-state index in [1.165, 1.54) is 0 Å². The fourth-order valence-corrected chi connectivity index (χ4v) is 3.36. The maximum atomic E-state index is 6.38. The molecule has 2 rings (SSSR count). The number of halogens is 3. The molecule has 0 radical (unpaired) electrons. The van der Waals surface area contributed by atoms with Crippen molar-refractivity contribution < 1.29 is 0 Å². The van der Waals surface area contributed by atoms with E-state index in [9.17, 15) is 0 Å². The van der Waals surface area contributed by atoms with Gasteiger partial charge in [0.05, 0.1) is 5.38 Å². The standard InChI is InChI=1S/C12H13Cl3/c1-7-2-3-8-9(13)4-5-10(14)12(8)11(15)6-7/h4-5,7,11H,2-3,6H2,1H3. The fraction of sp³-hybridized carbons (Fsp3) is 0.500. The Bertz CT molecular complexity index is 373. The van der Waals surface area contributed by atoms with Crippen LogP contribution in [-0.4, -0.2) is 0 Å². The van der Waals surface area contributed by atoms with E-state index in [-0.39, 0.29) is 5.38 Å². The van der Waals surface area contributed by atoms with E-state index in [4.69, 9.17) is 34.8 Å². The van der Waals surface area contributed by atoms with Gasteiger partial charge in [0, 0.05) is 10.0 Å². The maximum Gasteiger partial charge on any atom is 0.0605 e. The van der Waals surface area contributed by atoms with Gasteiger partial charge in [-0.25, -0.2) is 0 Å². The van der Waals surface area contributed by atoms with Crippen molar-refractivity contribution in [2.24, 2.45) is 5.92 Å². The summed E-state index contributed by atoms with van der Waals surface area (Å²) in [6.45, 7) is 2.23. The van der Waals surface area contributed by atoms with E-state index >= 15 is 0 Å². The van der Waals surface area contributed by atoms with E-state index in [0.717, 1.165) is 40.4 Å². The molecule has 2 unspecified atom stereocenters. The highest BCUT2D eigenvalue weighted by atomic mass is 35.5. The van der Waals surface area contributed by atoms with E-state index in [2.05, 4.69) is 6.92 Å². The van der Waals surface area contributed by atoms with Gasteiger partial charge >= 0.3 is 0 Å². The van der Waals surface area contributed by atoms with Crippen molar-refractivity contribution in [3.05, 3.63) is 33.3 Å². The van der Waals surface area contributed by atoms with Crippen LogP contribution in [0.5, 0.6) is 0 Å². The summed E-state index contributed by atoms with van der Waals surface area (Å²) < 4.78 is 0. The Kier molecular flexibility index (Phi) is 3.49. The van der Waals surface area contributed by atoms with Gasteiger partial charge in [-0.2, -0.15) is 0 Å². The molecule has 1 aliphatic rings. The monoisotopic (exact) mass is 262 g/mol. The molecule has 0 saturated carbocycles. The van der Waals surface area contributed by atoms with Crippen LogP contribution in [0.1, 0.15) is 36.3 Å². The van der Waals surface area contributed by atoms with Crippen LogP contribution in [-0.2, 0) is 6.42 Å². The molecule has 0 saturated heterocycles. The number of hydrogen-bond donors (Lipinski definition) is 0. The third kappa shape index (κ3) is 2.27. The minimum Gasteiger partial charge on any atom is -0.118 e. The molecule has 0 bridgehead atoms. The molecule has 0 fully saturated rings. The predicted molar refractivity (Wildman–Crippen MR) is 67.2 cm³/mol. The molecule has 0 amide bonds. The molecule has 1 aliphatic carbocycles. The second kappa shape index (κ2) is 4.53. The minimum absolute atomic E-state index is 0.00343. The number of hydrogen-bond acceptors (Lipinski definition) is 0. The molecule has 0 aliphatic heterocycles. The second-order valence-corrected chi connectivity index (χ2v) is 5.61. The number of alkyl halides is 1. The fourth-order valence-electron chi connectivity index (χ4n) is 2.18. The van der Waals surface area contributed by atoms with Crippen molar-refractivity contribution >= 4 is 34.8 Å². The van der Waals surface area contributed by atoms with Gasteiger partial charge in [0.1, 0.15) is 0 Å². The highest BCUT2D eigenvalue weighted by molar-refractivity contribution is 6.35. The largest absolute Gasteiger partial charge is 0.118 e. The number of fused-ring (bicyclic) bond motifs is 1. The average Bonchev–Trinajstić information content (AvgIpc) is 2.32. The Hall–Kier alpha value is 0.0900. The summed E-state index contributed by atoms with van der Waals surface area (Å²) in [5.74, 6) is 0.632. The first-order valence-corrected chi connectivity index (χ1v) is 6.39. The third-order valence-corrected chi connectivity index (χ3v) is 4.14. The van der Waals surface area contributed by atoms with E-state index in [1.54, 1.807) is 0 Å². The van der Waals surface area contributed by atoms with Gasteiger partial charge < -0.3 is 0 Å². The van der Waals surface area contributed by atoms with Crippen molar-refractivity contribution in [3.63, 3.8) is 0 Å². The third-order valence-electron chi connectivity index (χ3n) is 3.06. The number of rotatable bonds is 0. The van der Waals surface area contributed by atoms with Crippen LogP contribution in [0.3, 0.4) is 0 Å². The Morgan fingerprint density at radius 3 is 2.60 bits per heavy atom. The van der Waals surface area contributed by atoms with Crippen LogP contribution < -0.4 is 0 Å². The lowest BCUT2D eigenvalue weighted by Gasteiger charge is -2.14. The molecular formula is C12H13Cl3. The molecule has 82 valence electrons. The van der Waals surface area contributed by atoms with Gasteiger partial charge in [0.2, 0.25) is 0 Å². The SMILES string of the molecule is CC1CCc2c(Cl)ccc(Cl)c2C(Cl)C1. The van der Waals surface area contributed by atoms with Crippen molar-refractivity contribution in [2.75, 3.05) is 0 Å². The van der Waals surface area contributed by atoms with Gasteiger partial charge in [-0.15, -0.1) is 11.6 Å². The second-order valence-electron chi connectivity index (χ2n) is 4.27. The van der Waals surface area contributed by atoms with Crippen LogP contribution in [0.25, 0.3) is 0 Å². The van der Waals surface area contributed by atoms with E-state index in [1.807, 2.05) is 12.1 Å². The highest BCUT2D eigenvalue weighted by Gasteiger charge is 2.24. The molecule has 0 heterocycles. The molecule has 0 aromatic heterocycles. The minimum atomic E-state index is 0.00343. The van der Waals surface area contributed by atoms with Gasteiger partial charge in [0.25, 0.3) is 0 Å². The molecule has 1 aromatic carbocycles. The summed E-state index contributed by atoms with van der Waals surface area (Å²) >= 11 is 18.7. The van der Waals surface area contributed by atoms with Crippen LogP contribution >= 0.6 is 34.8 Å². The van der Waals surface area contributed by atoms with Crippen LogP contribution in [0, 0.1) is 5.92 Å². The van der Waals surface area contributed by atoms with Crippen LogP contribution in [0.4, 0.5) is 0 Å². The molecule has 0 N–H and O–H groups in total. The van der Waals surface area contributed by atoms with E-state index < -0.39 is 0 Å². The Labute approximate surface area is 106 Å². The zero-order valence-electron chi connectivity index (χ0n) is 8.56. The molecular weight excluding hydrogens is 250 g/mol. The summed E-state index contributed by atoms with van der Waals surface area (Å²) in [4.78, 5) is 0. The summed E-state index contributed by atoms with van der Waals surface area (Å²) in [6.07, 6.45) is 3.10. The first-order chi connectivity index (χ1) is 7.09. The van der Waals surface area contributed by atoms with Crippen molar-refractivity contribution in [1.29, 1.82) is 0 Å². The molecule has 15 heavy (non-hydrogen) atoms. The Morgan fingerprint density at radius 2 is 1.87 bits per heavy atom. The van der Waals surface area contributed by atoms with Gasteiger partial charge in [0.15, 0.2) is 0 Å². The summed E-state index contributed by atoms with van der Waals surface area (Å²) in [6, 6.07) is 3.70. The van der Waals surface area contributed by atoms with Gasteiger partial charge in [-0.1, -0.05) is 30.1 Å². The lowest BCUT2D eigenvalue weighted by molar-refractivity contribution is 0.503. The van der Waals surface area contributed by atoms with Gasteiger partial charge in [-0.05, 0) is 48.4 Å². The predicted octanol–water partition coefficient (Wildman–Crippen LogP) is 5.25. The average molecular weight is 264 g/mol. The van der Waals surface area contributed by atoms with Crippen LogP contribution in [0.15, 0.2) is 12.1 Å². The molecule has 2 atom stereocenters. The van der Waals surface area contributed by atoms with Crippen molar-refractivity contribution in [1.82, 2.24) is 0 Å².